The number of carbonyl (C=O) groups excluding carboxylic acids is 1. The fourth-order valence-corrected chi connectivity index (χ4v) is 2.70. The van der Waals surface area contributed by atoms with Gasteiger partial charge in [-0.05, 0) is 51.7 Å². The van der Waals surface area contributed by atoms with Gasteiger partial charge in [0, 0.05) is 18.2 Å². The molecule has 1 aromatic carbocycles. The number of benzene rings is 1. The Balaban J connectivity index is 2.01. The molecule has 1 aliphatic rings. The fraction of sp³-hybridized carbons (Fsp3) is 0.533. The molecular formula is C15H22N2O3. The molecule has 5 heteroatoms. The van der Waals surface area contributed by atoms with Crippen LogP contribution in [0.3, 0.4) is 0 Å². The second kappa shape index (κ2) is 6.24. The average molecular weight is 278 g/mol. The lowest BCUT2D eigenvalue weighted by atomic mass is 10.1. The van der Waals surface area contributed by atoms with Crippen molar-refractivity contribution in [1.82, 2.24) is 9.80 Å². The van der Waals surface area contributed by atoms with Crippen LogP contribution in [0, 0.1) is 0 Å². The summed E-state index contributed by atoms with van der Waals surface area (Å²) >= 11 is 0. The van der Waals surface area contributed by atoms with Crippen LogP contribution in [0.2, 0.25) is 0 Å². The Morgan fingerprint density at radius 1 is 1.35 bits per heavy atom. The first kappa shape index (κ1) is 14.8. The monoisotopic (exact) mass is 278 g/mol. The number of phenols is 2. The molecule has 2 rings (SSSR count). The molecule has 0 bridgehead atoms. The molecule has 1 aliphatic heterocycles. The van der Waals surface area contributed by atoms with Gasteiger partial charge in [-0.25, -0.2) is 0 Å². The van der Waals surface area contributed by atoms with Crippen molar-refractivity contribution in [3.05, 3.63) is 23.8 Å². The van der Waals surface area contributed by atoms with Crippen molar-refractivity contribution in [3.8, 4) is 11.5 Å². The zero-order chi connectivity index (χ0) is 14.7. The number of nitrogens with zero attached hydrogens (tertiary/aromatic N) is 2. The minimum atomic E-state index is -0.248. The van der Waals surface area contributed by atoms with Gasteiger partial charge in [-0.3, -0.25) is 9.69 Å². The van der Waals surface area contributed by atoms with Gasteiger partial charge in [0.05, 0.1) is 6.54 Å². The highest BCUT2D eigenvalue weighted by Crippen LogP contribution is 2.25. The van der Waals surface area contributed by atoms with Crippen molar-refractivity contribution < 1.29 is 15.0 Å². The van der Waals surface area contributed by atoms with Crippen LogP contribution < -0.4 is 0 Å². The molecule has 0 spiro atoms. The molecule has 0 aliphatic carbocycles. The van der Waals surface area contributed by atoms with Crippen molar-refractivity contribution in [2.24, 2.45) is 0 Å². The largest absolute Gasteiger partial charge is 0.504 e. The van der Waals surface area contributed by atoms with Gasteiger partial charge in [0.1, 0.15) is 0 Å². The van der Waals surface area contributed by atoms with Crippen LogP contribution in [-0.4, -0.2) is 65.6 Å². The van der Waals surface area contributed by atoms with E-state index in [2.05, 4.69) is 9.80 Å². The number of carbonyl (C=O) groups is 1. The number of aromatic hydroxyl groups is 2. The molecule has 1 heterocycles. The second-order valence-corrected chi connectivity index (χ2v) is 5.66. The summed E-state index contributed by atoms with van der Waals surface area (Å²) in [5.41, 5.74) is 0.441. The van der Waals surface area contributed by atoms with E-state index < -0.39 is 0 Å². The second-order valence-electron chi connectivity index (χ2n) is 5.66. The molecule has 0 radical (unpaired) electrons. The number of likely N-dealkylation sites (tertiary alicyclic amines) is 1. The number of hydrogen-bond acceptors (Lipinski definition) is 5. The van der Waals surface area contributed by atoms with E-state index in [1.165, 1.54) is 12.1 Å². The normalized spacial score (nSPS) is 19.6. The molecule has 0 aromatic heterocycles. The molecule has 1 saturated heterocycles. The van der Waals surface area contributed by atoms with Crippen molar-refractivity contribution in [2.75, 3.05) is 33.7 Å². The van der Waals surface area contributed by atoms with Crippen LogP contribution >= 0.6 is 0 Å². The molecule has 110 valence electrons. The summed E-state index contributed by atoms with van der Waals surface area (Å²) in [6.07, 6.45) is 2.24. The van der Waals surface area contributed by atoms with Crippen molar-refractivity contribution in [3.63, 3.8) is 0 Å². The van der Waals surface area contributed by atoms with Crippen molar-refractivity contribution in [1.29, 1.82) is 0 Å². The van der Waals surface area contributed by atoms with E-state index in [0.717, 1.165) is 25.9 Å². The number of rotatable bonds is 5. The standard InChI is InChI=1S/C15H22N2O3/c1-16(2)9-12-4-3-7-17(12)10-15(20)11-5-6-13(18)14(19)8-11/h5-6,8,12,18-19H,3-4,7,9-10H2,1-2H3. The Morgan fingerprint density at radius 3 is 2.75 bits per heavy atom. The van der Waals surface area contributed by atoms with Crippen molar-refractivity contribution in [2.45, 2.75) is 18.9 Å². The summed E-state index contributed by atoms with van der Waals surface area (Å²) in [4.78, 5) is 16.6. The van der Waals surface area contributed by atoms with E-state index in [-0.39, 0.29) is 17.3 Å². The zero-order valence-corrected chi connectivity index (χ0v) is 12.0. The summed E-state index contributed by atoms with van der Waals surface area (Å²) in [5.74, 6) is -0.471. The molecule has 1 atom stereocenters. The summed E-state index contributed by atoms with van der Waals surface area (Å²) in [7, 11) is 4.08. The third kappa shape index (κ3) is 3.49. The van der Waals surface area contributed by atoms with Gasteiger partial charge >= 0.3 is 0 Å². The Hall–Kier alpha value is -1.59. The Kier molecular flexibility index (Phi) is 4.62. The SMILES string of the molecule is CN(C)CC1CCCN1CC(=O)c1ccc(O)c(O)c1. The Bertz CT molecular complexity index is 488. The smallest absolute Gasteiger partial charge is 0.176 e. The van der Waals surface area contributed by atoms with E-state index in [4.69, 9.17) is 0 Å². The lowest BCUT2D eigenvalue weighted by molar-refractivity contribution is 0.0910. The minimum absolute atomic E-state index is 0.0223. The van der Waals surface area contributed by atoms with Crippen LogP contribution in [0.25, 0.3) is 0 Å². The molecular weight excluding hydrogens is 256 g/mol. The third-order valence-corrected chi connectivity index (χ3v) is 3.72. The van der Waals surface area contributed by atoms with Gasteiger partial charge in [-0.15, -0.1) is 0 Å². The summed E-state index contributed by atoms with van der Waals surface area (Å²) in [6.45, 7) is 2.26. The predicted octanol–water partition coefficient (Wildman–Crippen LogP) is 1.31. The maximum Gasteiger partial charge on any atom is 0.176 e. The minimum Gasteiger partial charge on any atom is -0.504 e. The van der Waals surface area contributed by atoms with Crippen LogP contribution in [0.15, 0.2) is 18.2 Å². The summed E-state index contributed by atoms with van der Waals surface area (Å²) in [5, 5.41) is 18.7. The highest BCUT2D eigenvalue weighted by atomic mass is 16.3. The number of ketones is 1. The van der Waals surface area contributed by atoms with Crippen LogP contribution in [0.5, 0.6) is 11.5 Å². The first-order valence-electron chi connectivity index (χ1n) is 6.91. The van der Waals surface area contributed by atoms with E-state index in [1.54, 1.807) is 6.07 Å². The summed E-state index contributed by atoms with van der Waals surface area (Å²) in [6, 6.07) is 4.65. The highest BCUT2D eigenvalue weighted by Gasteiger charge is 2.26. The quantitative estimate of drug-likeness (QED) is 0.628. The van der Waals surface area contributed by atoms with Gasteiger partial charge in [0.25, 0.3) is 0 Å². The molecule has 1 unspecified atom stereocenters. The van der Waals surface area contributed by atoms with Gasteiger partial charge in [-0.1, -0.05) is 0 Å². The van der Waals surface area contributed by atoms with Crippen molar-refractivity contribution >= 4 is 5.78 Å². The molecule has 1 aromatic rings. The van der Waals surface area contributed by atoms with Gasteiger partial charge in [-0.2, -0.15) is 0 Å². The topological polar surface area (TPSA) is 64.0 Å². The predicted molar refractivity (Wildman–Crippen MR) is 77.3 cm³/mol. The fourth-order valence-electron chi connectivity index (χ4n) is 2.70. The van der Waals surface area contributed by atoms with Crippen LogP contribution in [0.4, 0.5) is 0 Å². The third-order valence-electron chi connectivity index (χ3n) is 3.72. The lowest BCUT2D eigenvalue weighted by Crippen LogP contribution is -2.40. The molecule has 0 amide bonds. The maximum atomic E-state index is 12.2. The Labute approximate surface area is 119 Å². The van der Waals surface area contributed by atoms with Crippen LogP contribution in [0.1, 0.15) is 23.2 Å². The Morgan fingerprint density at radius 2 is 2.10 bits per heavy atom. The first-order valence-corrected chi connectivity index (χ1v) is 6.91. The average Bonchev–Trinajstić information content (AvgIpc) is 2.79. The molecule has 2 N–H and O–H groups in total. The van der Waals surface area contributed by atoms with E-state index in [1.807, 2.05) is 14.1 Å². The maximum absolute atomic E-state index is 12.2. The number of likely N-dealkylation sites (N-methyl/N-ethyl adjacent to an activating group) is 1. The molecule has 5 nitrogen and oxygen atoms in total. The van der Waals surface area contributed by atoms with Gasteiger partial charge in [0.2, 0.25) is 0 Å². The van der Waals surface area contributed by atoms with Crippen LogP contribution in [-0.2, 0) is 0 Å². The van der Waals surface area contributed by atoms with Gasteiger partial charge < -0.3 is 15.1 Å². The highest BCUT2D eigenvalue weighted by molar-refractivity contribution is 5.98. The first-order chi connectivity index (χ1) is 9.47. The lowest BCUT2D eigenvalue weighted by Gasteiger charge is -2.26. The van der Waals surface area contributed by atoms with Gasteiger partial charge in [0.15, 0.2) is 17.3 Å². The van der Waals surface area contributed by atoms with E-state index >= 15 is 0 Å². The molecule has 20 heavy (non-hydrogen) atoms. The van der Waals surface area contributed by atoms with E-state index in [9.17, 15) is 15.0 Å². The molecule has 0 saturated carbocycles. The van der Waals surface area contributed by atoms with E-state index in [0.29, 0.717) is 18.2 Å². The molecule has 1 fully saturated rings. The summed E-state index contributed by atoms with van der Waals surface area (Å²) < 4.78 is 0. The zero-order valence-electron chi connectivity index (χ0n) is 12.0. The number of hydrogen-bond donors (Lipinski definition) is 2. The number of phenolic OH excluding ortho intramolecular Hbond substituents is 2. The number of Topliss-reactive ketones (excluding diaryl/α,β-unsaturated/α-hetero) is 1.